The summed E-state index contributed by atoms with van der Waals surface area (Å²) in [4.78, 5) is 28.9. The lowest BCUT2D eigenvalue weighted by atomic mass is 9.94. The number of piperazine rings is 1. The van der Waals surface area contributed by atoms with Crippen molar-refractivity contribution in [3.63, 3.8) is 0 Å². The van der Waals surface area contributed by atoms with E-state index in [1.807, 2.05) is 54.4 Å². The molecule has 158 valence electrons. The summed E-state index contributed by atoms with van der Waals surface area (Å²) in [5.74, 6) is 0.172. The molecule has 1 N–H and O–H groups in total. The first-order valence-corrected chi connectivity index (χ1v) is 10.6. The van der Waals surface area contributed by atoms with Gasteiger partial charge in [0.15, 0.2) is 6.29 Å². The Morgan fingerprint density at radius 2 is 1.80 bits per heavy atom. The molecule has 5 nitrogen and oxygen atoms in total. The minimum absolute atomic E-state index is 0.172. The van der Waals surface area contributed by atoms with Crippen LogP contribution in [0.5, 0.6) is 0 Å². The molecule has 0 radical (unpaired) electrons. The van der Waals surface area contributed by atoms with Gasteiger partial charge in [0.05, 0.1) is 6.54 Å². The number of nitrogens with zero attached hydrogens (tertiary/aromatic N) is 2. The highest BCUT2D eigenvalue weighted by atomic mass is 16.2. The molecule has 30 heavy (non-hydrogen) atoms. The Kier molecular flexibility index (Phi) is 7.80. The number of amides is 1. The Balaban J connectivity index is 1.93. The van der Waals surface area contributed by atoms with Crippen molar-refractivity contribution in [3.05, 3.63) is 71.3 Å². The van der Waals surface area contributed by atoms with Crippen molar-refractivity contribution < 1.29 is 9.59 Å². The third-order valence-corrected chi connectivity index (χ3v) is 5.55. The summed E-state index contributed by atoms with van der Waals surface area (Å²) >= 11 is 0. The van der Waals surface area contributed by atoms with Gasteiger partial charge in [0.2, 0.25) is 5.91 Å². The molecule has 1 saturated heterocycles. The van der Waals surface area contributed by atoms with Crippen LogP contribution in [-0.4, -0.2) is 61.8 Å². The molecule has 1 fully saturated rings. The first-order chi connectivity index (χ1) is 14.7. The standard InChI is InChI=1S/C25H31N3O2/c1-3-13-28-15-14-27(18-25(28)30)17-21(16-20-9-5-4-6-10-20)23(19-29)22-11-7-8-12-24(22)26-2/h4-12,19,26H,3,13-18H2,1-2H3/b23-21+. The van der Waals surface area contributed by atoms with Crippen LogP contribution < -0.4 is 5.32 Å². The number of benzene rings is 2. The van der Waals surface area contributed by atoms with E-state index in [-0.39, 0.29) is 5.91 Å². The Morgan fingerprint density at radius 1 is 1.07 bits per heavy atom. The topological polar surface area (TPSA) is 52.6 Å². The summed E-state index contributed by atoms with van der Waals surface area (Å²) in [6, 6.07) is 18.1. The van der Waals surface area contributed by atoms with Crippen molar-refractivity contribution in [2.45, 2.75) is 19.8 Å². The summed E-state index contributed by atoms with van der Waals surface area (Å²) in [6.45, 7) is 5.48. The SMILES string of the molecule is CCCN1CCN(C/C(Cc2ccccc2)=C(\C=O)c2ccccc2NC)CC1=O. The quantitative estimate of drug-likeness (QED) is 0.513. The molecule has 1 heterocycles. The number of aldehydes is 1. The maximum atomic E-state index is 12.5. The molecule has 0 aliphatic carbocycles. The molecular weight excluding hydrogens is 374 g/mol. The lowest BCUT2D eigenvalue weighted by molar-refractivity contribution is -0.135. The molecule has 0 saturated carbocycles. The number of anilines is 1. The van der Waals surface area contributed by atoms with Crippen LogP contribution in [0.2, 0.25) is 0 Å². The van der Waals surface area contributed by atoms with Crippen molar-refractivity contribution in [1.29, 1.82) is 0 Å². The highest BCUT2D eigenvalue weighted by molar-refractivity contribution is 6.10. The lowest BCUT2D eigenvalue weighted by Crippen LogP contribution is -2.50. The maximum absolute atomic E-state index is 12.5. The van der Waals surface area contributed by atoms with E-state index < -0.39 is 0 Å². The Bertz CT molecular complexity index is 892. The fraction of sp³-hybridized carbons (Fsp3) is 0.360. The Labute approximate surface area is 179 Å². The molecule has 1 amide bonds. The summed E-state index contributed by atoms with van der Waals surface area (Å²) in [5, 5.41) is 3.19. The van der Waals surface area contributed by atoms with Crippen LogP contribution in [0.25, 0.3) is 5.57 Å². The lowest BCUT2D eigenvalue weighted by Gasteiger charge is -2.35. The van der Waals surface area contributed by atoms with E-state index in [1.165, 1.54) is 0 Å². The molecule has 0 unspecified atom stereocenters. The number of hydrogen-bond donors (Lipinski definition) is 1. The normalized spacial score (nSPS) is 15.7. The van der Waals surface area contributed by atoms with Gasteiger partial charge in [-0.25, -0.2) is 0 Å². The second-order valence-electron chi connectivity index (χ2n) is 7.68. The largest absolute Gasteiger partial charge is 0.388 e. The van der Waals surface area contributed by atoms with Crippen molar-refractivity contribution >= 4 is 23.5 Å². The van der Waals surface area contributed by atoms with Gasteiger partial charge in [-0.1, -0.05) is 55.5 Å². The zero-order valence-electron chi connectivity index (χ0n) is 17.9. The number of para-hydroxylation sites is 1. The first-order valence-electron chi connectivity index (χ1n) is 10.6. The van der Waals surface area contributed by atoms with Gasteiger partial charge in [-0.2, -0.15) is 0 Å². The van der Waals surface area contributed by atoms with Crippen LogP contribution in [0, 0.1) is 0 Å². The predicted molar refractivity (Wildman–Crippen MR) is 122 cm³/mol. The minimum Gasteiger partial charge on any atom is -0.388 e. The fourth-order valence-corrected chi connectivity index (χ4v) is 4.02. The summed E-state index contributed by atoms with van der Waals surface area (Å²) < 4.78 is 0. The van der Waals surface area contributed by atoms with E-state index >= 15 is 0 Å². The number of carbonyl (C=O) groups excluding carboxylic acids is 2. The van der Waals surface area contributed by atoms with Crippen LogP contribution >= 0.6 is 0 Å². The number of nitrogens with one attached hydrogen (secondary N) is 1. The third-order valence-electron chi connectivity index (χ3n) is 5.55. The van der Waals surface area contributed by atoms with Gasteiger partial charge in [-0.05, 0) is 30.0 Å². The van der Waals surface area contributed by atoms with E-state index in [2.05, 4.69) is 29.3 Å². The van der Waals surface area contributed by atoms with E-state index in [9.17, 15) is 9.59 Å². The van der Waals surface area contributed by atoms with Gasteiger partial charge >= 0.3 is 0 Å². The van der Waals surface area contributed by atoms with Gasteiger partial charge in [-0.15, -0.1) is 0 Å². The predicted octanol–water partition coefficient (Wildman–Crippen LogP) is 3.48. The van der Waals surface area contributed by atoms with E-state index in [0.717, 1.165) is 54.7 Å². The van der Waals surface area contributed by atoms with Crippen LogP contribution in [0.1, 0.15) is 24.5 Å². The van der Waals surface area contributed by atoms with Gasteiger partial charge in [0.25, 0.3) is 0 Å². The second kappa shape index (κ2) is 10.7. The summed E-state index contributed by atoms with van der Waals surface area (Å²) in [6.07, 6.45) is 2.61. The molecule has 0 aromatic heterocycles. The Hall–Kier alpha value is -2.92. The van der Waals surface area contributed by atoms with Crippen LogP contribution in [-0.2, 0) is 16.0 Å². The zero-order chi connectivity index (χ0) is 21.3. The average Bonchev–Trinajstić information content (AvgIpc) is 2.77. The van der Waals surface area contributed by atoms with Crippen LogP contribution in [0.3, 0.4) is 0 Å². The molecule has 1 aliphatic rings. The van der Waals surface area contributed by atoms with E-state index in [1.54, 1.807) is 0 Å². The van der Waals surface area contributed by atoms with Crippen molar-refractivity contribution in [2.75, 3.05) is 45.1 Å². The highest BCUT2D eigenvalue weighted by Gasteiger charge is 2.25. The monoisotopic (exact) mass is 405 g/mol. The number of carbonyl (C=O) groups is 2. The van der Waals surface area contributed by atoms with Crippen molar-refractivity contribution in [1.82, 2.24) is 9.80 Å². The first kappa shape index (κ1) is 21.8. The van der Waals surface area contributed by atoms with E-state index in [4.69, 9.17) is 0 Å². The molecule has 2 aromatic rings. The Morgan fingerprint density at radius 3 is 2.47 bits per heavy atom. The van der Waals surface area contributed by atoms with Gasteiger partial charge < -0.3 is 10.2 Å². The van der Waals surface area contributed by atoms with Gasteiger partial charge in [0, 0.05) is 50.1 Å². The molecule has 2 aromatic carbocycles. The molecule has 0 spiro atoms. The molecule has 0 atom stereocenters. The molecular formula is C25H31N3O2. The second-order valence-corrected chi connectivity index (χ2v) is 7.68. The summed E-state index contributed by atoms with van der Waals surface area (Å²) in [7, 11) is 1.86. The average molecular weight is 406 g/mol. The smallest absolute Gasteiger partial charge is 0.236 e. The van der Waals surface area contributed by atoms with Crippen LogP contribution in [0.4, 0.5) is 5.69 Å². The van der Waals surface area contributed by atoms with E-state index in [0.29, 0.717) is 25.1 Å². The van der Waals surface area contributed by atoms with Crippen LogP contribution in [0.15, 0.2) is 60.2 Å². The van der Waals surface area contributed by atoms with Gasteiger partial charge in [-0.3, -0.25) is 14.5 Å². The van der Waals surface area contributed by atoms with Crippen molar-refractivity contribution in [3.8, 4) is 0 Å². The number of hydrogen-bond acceptors (Lipinski definition) is 4. The summed E-state index contributed by atoms with van der Waals surface area (Å²) in [5.41, 5.74) is 4.72. The molecule has 5 heteroatoms. The maximum Gasteiger partial charge on any atom is 0.236 e. The third kappa shape index (κ3) is 5.36. The minimum atomic E-state index is 0.172. The zero-order valence-corrected chi connectivity index (χ0v) is 17.9. The highest BCUT2D eigenvalue weighted by Crippen LogP contribution is 2.27. The number of allylic oxidation sites excluding steroid dienone is 1. The number of rotatable bonds is 9. The molecule has 1 aliphatic heterocycles. The molecule has 0 bridgehead atoms. The molecule has 3 rings (SSSR count). The van der Waals surface area contributed by atoms with Crippen molar-refractivity contribution in [2.24, 2.45) is 0 Å². The van der Waals surface area contributed by atoms with Gasteiger partial charge in [0.1, 0.15) is 0 Å². The fourth-order valence-electron chi connectivity index (χ4n) is 4.02.